The molecule has 0 spiro atoms. The lowest BCUT2D eigenvalue weighted by Crippen LogP contribution is -2.14. The molecule has 0 fully saturated rings. The molecule has 0 aromatic carbocycles. The van der Waals surface area contributed by atoms with Crippen molar-refractivity contribution in [1.29, 1.82) is 0 Å². The van der Waals surface area contributed by atoms with Gasteiger partial charge in [0, 0.05) is 29.7 Å². The number of pyridine rings is 2. The molecule has 2 rings (SSSR count). The van der Waals surface area contributed by atoms with Gasteiger partial charge in [0.15, 0.2) is 0 Å². The highest BCUT2D eigenvalue weighted by molar-refractivity contribution is 5.35. The molecule has 0 aliphatic heterocycles. The van der Waals surface area contributed by atoms with Crippen molar-refractivity contribution in [2.75, 3.05) is 0 Å². The van der Waals surface area contributed by atoms with Crippen LogP contribution in [0.25, 0.3) is 0 Å². The van der Waals surface area contributed by atoms with Crippen molar-refractivity contribution in [3.8, 4) is 0 Å². The topological polar surface area (TPSA) is 46.0 Å². The Hall–Kier alpha value is -2.02. The molecule has 1 N–H and O–H groups in total. The molecule has 100 valence electrons. The zero-order valence-electron chi connectivity index (χ0n) is 9.39. The van der Waals surface area contributed by atoms with Gasteiger partial charge in [-0.2, -0.15) is 13.2 Å². The Bertz CT molecular complexity index is 586. The molecule has 0 radical (unpaired) electrons. The molecule has 0 saturated heterocycles. The fourth-order valence-corrected chi connectivity index (χ4v) is 1.66. The molecule has 3 nitrogen and oxygen atoms in total. The quantitative estimate of drug-likeness (QED) is 0.855. The van der Waals surface area contributed by atoms with E-state index in [1.165, 1.54) is 6.20 Å². The summed E-state index contributed by atoms with van der Waals surface area (Å²) < 4.78 is 51.8. The Morgan fingerprint density at radius 1 is 1.00 bits per heavy atom. The van der Waals surface area contributed by atoms with Crippen LogP contribution in [0.5, 0.6) is 0 Å². The Morgan fingerprint density at radius 2 is 1.63 bits per heavy atom. The fourth-order valence-electron chi connectivity index (χ4n) is 1.66. The third-order valence-electron chi connectivity index (χ3n) is 2.55. The van der Waals surface area contributed by atoms with Gasteiger partial charge in [-0.3, -0.25) is 9.97 Å². The molecule has 7 heteroatoms. The Balaban J connectivity index is 2.51. The third kappa shape index (κ3) is 2.70. The van der Waals surface area contributed by atoms with Crippen LogP contribution in [-0.4, -0.2) is 15.1 Å². The zero-order valence-corrected chi connectivity index (χ0v) is 9.39. The summed E-state index contributed by atoms with van der Waals surface area (Å²) in [7, 11) is 0. The van der Waals surface area contributed by atoms with Gasteiger partial charge < -0.3 is 5.11 Å². The second kappa shape index (κ2) is 4.93. The lowest BCUT2D eigenvalue weighted by molar-refractivity contribution is -0.139. The Labute approximate surface area is 105 Å². The molecule has 0 aliphatic rings. The van der Waals surface area contributed by atoms with Crippen molar-refractivity contribution >= 4 is 0 Å². The minimum absolute atomic E-state index is 0.284. The van der Waals surface area contributed by atoms with E-state index in [0.717, 1.165) is 30.7 Å². The largest absolute Gasteiger partial charge is 0.416 e. The molecule has 2 aromatic heterocycles. The summed E-state index contributed by atoms with van der Waals surface area (Å²) in [4.78, 5) is 7.01. The first kappa shape index (κ1) is 13.4. The van der Waals surface area contributed by atoms with Gasteiger partial charge in [0.05, 0.1) is 11.8 Å². The fraction of sp³-hybridized carbons (Fsp3) is 0.167. The molecule has 2 heterocycles. The van der Waals surface area contributed by atoms with Gasteiger partial charge in [-0.15, -0.1) is 0 Å². The molecule has 1 unspecified atom stereocenters. The van der Waals surface area contributed by atoms with E-state index in [2.05, 4.69) is 9.97 Å². The standard InChI is InChI=1S/C12H8F4N2O/c13-10-6-18-3-1-7(10)11(19)8-5-17-4-2-9(8)12(14,15)16/h1-6,11,19H. The van der Waals surface area contributed by atoms with E-state index in [1.807, 2.05) is 0 Å². The normalized spacial score (nSPS) is 13.3. The number of halogens is 4. The first-order chi connectivity index (χ1) is 8.91. The lowest BCUT2D eigenvalue weighted by atomic mass is 9.99. The van der Waals surface area contributed by atoms with Gasteiger partial charge in [0.1, 0.15) is 11.9 Å². The number of rotatable bonds is 2. The van der Waals surface area contributed by atoms with E-state index >= 15 is 0 Å². The molecule has 0 saturated carbocycles. The number of hydrogen-bond donors (Lipinski definition) is 1. The second-order valence-electron chi connectivity index (χ2n) is 3.76. The second-order valence-corrected chi connectivity index (χ2v) is 3.76. The molecule has 0 bridgehead atoms. The monoisotopic (exact) mass is 272 g/mol. The van der Waals surface area contributed by atoms with Gasteiger partial charge in [-0.05, 0) is 12.1 Å². The average Bonchev–Trinajstić information content (AvgIpc) is 2.37. The highest BCUT2D eigenvalue weighted by Gasteiger charge is 2.35. The van der Waals surface area contributed by atoms with Gasteiger partial charge >= 0.3 is 6.18 Å². The van der Waals surface area contributed by atoms with Crippen LogP contribution in [0, 0.1) is 5.82 Å². The third-order valence-corrected chi connectivity index (χ3v) is 2.55. The minimum Gasteiger partial charge on any atom is -0.383 e. The number of aliphatic hydroxyl groups is 1. The van der Waals surface area contributed by atoms with Gasteiger partial charge in [-0.1, -0.05) is 0 Å². The Kier molecular flexibility index (Phi) is 3.48. The average molecular weight is 272 g/mol. The van der Waals surface area contributed by atoms with Gasteiger partial charge in [-0.25, -0.2) is 4.39 Å². The number of alkyl halides is 3. The Morgan fingerprint density at radius 3 is 2.26 bits per heavy atom. The highest BCUT2D eigenvalue weighted by atomic mass is 19.4. The summed E-state index contributed by atoms with van der Waals surface area (Å²) in [6.45, 7) is 0. The predicted octanol–water partition coefficient (Wildman–Crippen LogP) is 2.72. The summed E-state index contributed by atoms with van der Waals surface area (Å²) >= 11 is 0. The van der Waals surface area contributed by atoms with Crippen LogP contribution in [0.2, 0.25) is 0 Å². The maximum atomic E-state index is 13.4. The van der Waals surface area contributed by atoms with Crippen LogP contribution < -0.4 is 0 Å². The summed E-state index contributed by atoms with van der Waals surface area (Å²) in [6.07, 6.45) is -2.57. The van der Waals surface area contributed by atoms with Crippen LogP contribution in [0.15, 0.2) is 36.9 Å². The maximum absolute atomic E-state index is 13.4. The van der Waals surface area contributed by atoms with Crippen LogP contribution in [-0.2, 0) is 6.18 Å². The molecule has 0 amide bonds. The molecule has 1 atom stereocenters. The van der Waals surface area contributed by atoms with E-state index in [1.54, 1.807) is 0 Å². The summed E-state index contributed by atoms with van der Waals surface area (Å²) in [5.74, 6) is -0.882. The lowest BCUT2D eigenvalue weighted by Gasteiger charge is -2.17. The number of hydrogen-bond acceptors (Lipinski definition) is 3. The first-order valence-corrected chi connectivity index (χ1v) is 5.20. The van der Waals surface area contributed by atoms with E-state index < -0.39 is 29.2 Å². The highest BCUT2D eigenvalue weighted by Crippen LogP contribution is 2.36. The zero-order chi connectivity index (χ0) is 14.0. The summed E-state index contributed by atoms with van der Waals surface area (Å²) in [6, 6.07) is 1.85. The molecule has 0 aliphatic carbocycles. The van der Waals surface area contributed by atoms with E-state index in [-0.39, 0.29) is 5.56 Å². The van der Waals surface area contributed by atoms with Gasteiger partial charge in [0.2, 0.25) is 0 Å². The van der Waals surface area contributed by atoms with Crippen molar-refractivity contribution in [2.24, 2.45) is 0 Å². The van der Waals surface area contributed by atoms with Crippen LogP contribution >= 0.6 is 0 Å². The van der Waals surface area contributed by atoms with E-state index in [0.29, 0.717) is 0 Å². The SMILES string of the molecule is OC(c1ccncc1F)c1cnccc1C(F)(F)F. The number of nitrogens with zero attached hydrogens (tertiary/aromatic N) is 2. The summed E-state index contributed by atoms with van der Waals surface area (Å²) in [5, 5.41) is 9.91. The van der Waals surface area contributed by atoms with Crippen molar-refractivity contribution in [2.45, 2.75) is 12.3 Å². The van der Waals surface area contributed by atoms with Crippen molar-refractivity contribution in [1.82, 2.24) is 9.97 Å². The van der Waals surface area contributed by atoms with Crippen LogP contribution in [0.4, 0.5) is 17.6 Å². The smallest absolute Gasteiger partial charge is 0.383 e. The van der Waals surface area contributed by atoms with Crippen LogP contribution in [0.3, 0.4) is 0 Å². The molecular formula is C12H8F4N2O. The van der Waals surface area contributed by atoms with Gasteiger partial charge in [0.25, 0.3) is 0 Å². The molecule has 19 heavy (non-hydrogen) atoms. The first-order valence-electron chi connectivity index (χ1n) is 5.20. The van der Waals surface area contributed by atoms with Crippen LogP contribution in [0.1, 0.15) is 22.8 Å². The van der Waals surface area contributed by atoms with Crippen molar-refractivity contribution in [3.05, 3.63) is 59.4 Å². The predicted molar refractivity (Wildman–Crippen MR) is 57.5 cm³/mol. The molecule has 2 aromatic rings. The number of aromatic nitrogens is 2. The van der Waals surface area contributed by atoms with E-state index in [9.17, 15) is 22.7 Å². The number of aliphatic hydroxyl groups excluding tert-OH is 1. The molecular weight excluding hydrogens is 264 g/mol. The summed E-state index contributed by atoms with van der Waals surface area (Å²) in [5.41, 5.74) is -1.83. The minimum atomic E-state index is -4.65. The van der Waals surface area contributed by atoms with E-state index in [4.69, 9.17) is 0 Å². The van der Waals surface area contributed by atoms with Crippen molar-refractivity contribution in [3.63, 3.8) is 0 Å². The maximum Gasteiger partial charge on any atom is 0.416 e. The van der Waals surface area contributed by atoms with Crippen molar-refractivity contribution < 1.29 is 22.7 Å².